The summed E-state index contributed by atoms with van der Waals surface area (Å²) in [4.78, 5) is 30.2. The van der Waals surface area contributed by atoms with Crippen LogP contribution in [0.4, 0.5) is 0 Å². The van der Waals surface area contributed by atoms with Crippen LogP contribution >= 0.6 is 0 Å². The van der Waals surface area contributed by atoms with E-state index >= 15 is 0 Å². The summed E-state index contributed by atoms with van der Waals surface area (Å²) in [6, 6.07) is 5.29. The van der Waals surface area contributed by atoms with Crippen molar-refractivity contribution in [2.24, 2.45) is 7.05 Å². The first-order valence-electron chi connectivity index (χ1n) is 7.53. The maximum Gasteiger partial charge on any atom is 0.188 e. The summed E-state index contributed by atoms with van der Waals surface area (Å²) in [6.45, 7) is 1.02. The van der Waals surface area contributed by atoms with E-state index < -0.39 is 6.61 Å². The van der Waals surface area contributed by atoms with Crippen molar-refractivity contribution in [3.05, 3.63) is 53.1 Å². The Morgan fingerprint density at radius 1 is 1.30 bits per heavy atom. The average molecular weight is 313 g/mol. The van der Waals surface area contributed by atoms with Gasteiger partial charge in [0, 0.05) is 38.0 Å². The van der Waals surface area contributed by atoms with Gasteiger partial charge in [-0.3, -0.25) is 14.5 Å². The number of fused-ring (bicyclic) bond motifs is 1. The number of benzene rings is 1. The number of hydrogen-bond donors (Lipinski definition) is 1. The molecule has 1 N–H and O–H groups in total. The Balaban J connectivity index is 1.88. The highest BCUT2D eigenvalue weighted by Crippen LogP contribution is 2.20. The lowest BCUT2D eigenvalue weighted by molar-refractivity contribution is -0.119. The summed E-state index contributed by atoms with van der Waals surface area (Å²) in [5.41, 5.74) is 2.40. The SMILES string of the molecule is Cn1ccnc1CN1CC(=O)Cc2ccc(C(=O)CO)cc2C1. The van der Waals surface area contributed by atoms with Crippen molar-refractivity contribution in [1.82, 2.24) is 14.5 Å². The van der Waals surface area contributed by atoms with Crippen LogP contribution in [0.15, 0.2) is 30.6 Å². The van der Waals surface area contributed by atoms with E-state index in [2.05, 4.69) is 4.98 Å². The molecule has 23 heavy (non-hydrogen) atoms. The van der Waals surface area contributed by atoms with Gasteiger partial charge in [-0.25, -0.2) is 4.98 Å². The van der Waals surface area contributed by atoms with Crippen LogP contribution in [0, 0.1) is 0 Å². The van der Waals surface area contributed by atoms with Gasteiger partial charge in [0.2, 0.25) is 0 Å². The standard InChI is InChI=1S/C17H19N3O3/c1-19-5-4-18-17(19)10-20-8-14-6-13(16(23)11-21)3-2-12(14)7-15(22)9-20/h2-6,21H,7-11H2,1H3. The molecule has 0 amide bonds. The molecule has 1 aromatic heterocycles. The minimum atomic E-state index is -0.505. The van der Waals surface area contributed by atoms with E-state index in [-0.39, 0.29) is 11.6 Å². The summed E-state index contributed by atoms with van der Waals surface area (Å²) in [6.07, 6.45) is 3.99. The summed E-state index contributed by atoms with van der Waals surface area (Å²) in [5, 5.41) is 9.02. The third-order valence-corrected chi connectivity index (χ3v) is 4.14. The fourth-order valence-corrected chi connectivity index (χ4v) is 2.89. The summed E-state index contributed by atoms with van der Waals surface area (Å²) >= 11 is 0. The van der Waals surface area contributed by atoms with Gasteiger partial charge in [-0.2, -0.15) is 0 Å². The van der Waals surface area contributed by atoms with E-state index in [1.807, 2.05) is 28.8 Å². The predicted molar refractivity (Wildman–Crippen MR) is 83.9 cm³/mol. The first-order chi connectivity index (χ1) is 11.1. The van der Waals surface area contributed by atoms with Gasteiger partial charge in [-0.15, -0.1) is 0 Å². The molecule has 3 rings (SSSR count). The number of carbonyl (C=O) groups excluding carboxylic acids is 2. The van der Waals surface area contributed by atoms with Gasteiger partial charge in [-0.05, 0) is 17.2 Å². The maximum absolute atomic E-state index is 12.2. The second kappa shape index (κ2) is 6.44. The molecular weight excluding hydrogens is 294 g/mol. The van der Waals surface area contributed by atoms with Gasteiger partial charge in [0.1, 0.15) is 12.4 Å². The number of imidazole rings is 1. The highest BCUT2D eigenvalue weighted by Gasteiger charge is 2.21. The van der Waals surface area contributed by atoms with E-state index in [0.29, 0.717) is 31.6 Å². The average Bonchev–Trinajstić information content (AvgIpc) is 2.85. The number of aliphatic hydroxyl groups is 1. The van der Waals surface area contributed by atoms with Crippen LogP contribution in [0.25, 0.3) is 0 Å². The molecule has 2 heterocycles. The number of aromatic nitrogens is 2. The van der Waals surface area contributed by atoms with Crippen LogP contribution in [0.2, 0.25) is 0 Å². The summed E-state index contributed by atoms with van der Waals surface area (Å²) < 4.78 is 1.93. The molecule has 0 bridgehead atoms. The molecule has 0 fully saturated rings. The van der Waals surface area contributed by atoms with Crippen LogP contribution in [0.1, 0.15) is 27.3 Å². The minimum Gasteiger partial charge on any atom is -0.388 e. The smallest absolute Gasteiger partial charge is 0.188 e. The molecule has 0 radical (unpaired) electrons. The molecule has 6 heteroatoms. The molecule has 0 unspecified atom stereocenters. The Hall–Kier alpha value is -2.31. The maximum atomic E-state index is 12.2. The highest BCUT2D eigenvalue weighted by molar-refractivity contribution is 5.97. The van der Waals surface area contributed by atoms with E-state index in [9.17, 15) is 9.59 Å². The van der Waals surface area contributed by atoms with Crippen molar-refractivity contribution in [3.63, 3.8) is 0 Å². The van der Waals surface area contributed by atoms with Gasteiger partial charge in [0.15, 0.2) is 11.6 Å². The Labute approximate surface area is 134 Å². The molecule has 1 aliphatic heterocycles. The van der Waals surface area contributed by atoms with Gasteiger partial charge in [-0.1, -0.05) is 12.1 Å². The van der Waals surface area contributed by atoms with Gasteiger partial charge < -0.3 is 9.67 Å². The Morgan fingerprint density at radius 2 is 2.13 bits per heavy atom. The molecule has 6 nitrogen and oxygen atoms in total. The Kier molecular flexibility index (Phi) is 4.36. The molecule has 0 saturated carbocycles. The lowest BCUT2D eigenvalue weighted by Crippen LogP contribution is -2.28. The molecule has 2 aromatic rings. The first-order valence-corrected chi connectivity index (χ1v) is 7.53. The molecule has 0 spiro atoms. The molecular formula is C17H19N3O3. The largest absolute Gasteiger partial charge is 0.388 e. The van der Waals surface area contributed by atoms with Crippen molar-refractivity contribution in [2.75, 3.05) is 13.2 Å². The van der Waals surface area contributed by atoms with Crippen LogP contribution in [0.3, 0.4) is 0 Å². The van der Waals surface area contributed by atoms with E-state index in [0.717, 1.165) is 17.0 Å². The second-order valence-electron chi connectivity index (χ2n) is 5.88. The van der Waals surface area contributed by atoms with E-state index in [4.69, 9.17) is 5.11 Å². The summed E-state index contributed by atoms with van der Waals surface area (Å²) in [7, 11) is 1.92. The number of rotatable bonds is 4. The van der Waals surface area contributed by atoms with Crippen LogP contribution < -0.4 is 0 Å². The van der Waals surface area contributed by atoms with E-state index in [1.54, 1.807) is 18.3 Å². The summed E-state index contributed by atoms with van der Waals surface area (Å²) in [5.74, 6) is 0.738. The minimum absolute atomic E-state index is 0.152. The van der Waals surface area contributed by atoms with Crippen LogP contribution in [-0.2, 0) is 31.4 Å². The number of hydrogen-bond acceptors (Lipinski definition) is 5. The van der Waals surface area contributed by atoms with Crippen LogP contribution in [-0.4, -0.2) is 44.3 Å². The van der Waals surface area contributed by atoms with Crippen LogP contribution in [0.5, 0.6) is 0 Å². The predicted octanol–water partition coefficient (Wildman–Crippen LogP) is 0.722. The molecule has 0 atom stereocenters. The quantitative estimate of drug-likeness (QED) is 0.842. The number of nitrogens with zero attached hydrogens (tertiary/aromatic N) is 3. The monoisotopic (exact) mass is 313 g/mol. The fourth-order valence-electron chi connectivity index (χ4n) is 2.89. The molecule has 0 aliphatic carbocycles. The zero-order valence-corrected chi connectivity index (χ0v) is 13.0. The third-order valence-electron chi connectivity index (χ3n) is 4.14. The molecule has 0 saturated heterocycles. The molecule has 1 aromatic carbocycles. The number of Topliss-reactive ketones (excluding diaryl/α,β-unsaturated/α-hetero) is 2. The number of aliphatic hydroxyl groups excluding tert-OH is 1. The van der Waals surface area contributed by atoms with Crippen molar-refractivity contribution >= 4 is 11.6 Å². The van der Waals surface area contributed by atoms with Gasteiger partial charge >= 0.3 is 0 Å². The normalized spacial score (nSPS) is 15.3. The topological polar surface area (TPSA) is 75.4 Å². The fraction of sp³-hybridized carbons (Fsp3) is 0.353. The number of carbonyl (C=O) groups is 2. The van der Waals surface area contributed by atoms with Crippen molar-refractivity contribution in [1.29, 1.82) is 0 Å². The second-order valence-corrected chi connectivity index (χ2v) is 5.88. The van der Waals surface area contributed by atoms with Crippen molar-refractivity contribution in [2.45, 2.75) is 19.5 Å². The van der Waals surface area contributed by atoms with E-state index in [1.165, 1.54) is 0 Å². The Bertz CT molecular complexity index is 751. The lowest BCUT2D eigenvalue weighted by Gasteiger charge is -2.19. The molecule has 1 aliphatic rings. The zero-order valence-electron chi connectivity index (χ0n) is 13.0. The number of aryl methyl sites for hydroxylation is 1. The van der Waals surface area contributed by atoms with Gasteiger partial charge in [0.05, 0.1) is 13.1 Å². The third kappa shape index (κ3) is 3.38. The van der Waals surface area contributed by atoms with Crippen molar-refractivity contribution < 1.29 is 14.7 Å². The lowest BCUT2D eigenvalue weighted by atomic mass is 9.99. The molecule has 120 valence electrons. The van der Waals surface area contributed by atoms with Gasteiger partial charge in [0.25, 0.3) is 0 Å². The Morgan fingerprint density at radius 3 is 2.83 bits per heavy atom. The highest BCUT2D eigenvalue weighted by atomic mass is 16.3. The van der Waals surface area contributed by atoms with Crippen molar-refractivity contribution in [3.8, 4) is 0 Å². The zero-order chi connectivity index (χ0) is 16.4. The number of ketones is 2. The first kappa shape index (κ1) is 15.6.